The van der Waals surface area contributed by atoms with Gasteiger partial charge in [-0.25, -0.2) is 0 Å². The Labute approximate surface area is 138 Å². The van der Waals surface area contributed by atoms with Crippen molar-refractivity contribution in [3.8, 4) is 5.75 Å². The molecule has 0 aliphatic carbocycles. The fourth-order valence-corrected chi connectivity index (χ4v) is 2.24. The highest BCUT2D eigenvalue weighted by molar-refractivity contribution is 6.31. The lowest BCUT2D eigenvalue weighted by molar-refractivity contribution is -0.137. The van der Waals surface area contributed by atoms with Crippen LogP contribution >= 0.6 is 11.6 Å². The number of nitrogens with one attached hydrogen (secondary N) is 1. The summed E-state index contributed by atoms with van der Waals surface area (Å²) in [6, 6.07) is 8.46. The minimum Gasteiger partial charge on any atom is -0.494 e. The number of anilines is 1. The second-order valence-electron chi connectivity index (χ2n) is 4.98. The van der Waals surface area contributed by atoms with Gasteiger partial charge in [-0.2, -0.15) is 0 Å². The highest BCUT2D eigenvalue weighted by atomic mass is 35.5. The van der Waals surface area contributed by atoms with Gasteiger partial charge >= 0.3 is 5.97 Å². The normalized spacial score (nSPS) is 10.3. The van der Waals surface area contributed by atoms with E-state index in [1.54, 1.807) is 48.1 Å². The number of aromatic nitrogens is 1. The molecule has 0 spiro atoms. The van der Waals surface area contributed by atoms with Crippen LogP contribution in [0.5, 0.6) is 5.75 Å². The molecule has 0 fully saturated rings. The van der Waals surface area contributed by atoms with Gasteiger partial charge in [0.25, 0.3) is 5.91 Å². The topological polar surface area (TPSA) is 80.6 Å². The SMILES string of the molecule is Cn1cc(Cl)cc1C(=O)Nc1ccc(OCCCC(=O)O)cc1. The molecule has 1 amide bonds. The first kappa shape index (κ1) is 16.9. The summed E-state index contributed by atoms with van der Waals surface area (Å²) in [5.41, 5.74) is 1.09. The van der Waals surface area contributed by atoms with E-state index in [2.05, 4.69) is 5.32 Å². The molecule has 0 aliphatic heterocycles. The average Bonchev–Trinajstić information content (AvgIpc) is 2.84. The number of hydrogen-bond acceptors (Lipinski definition) is 3. The van der Waals surface area contributed by atoms with Crippen molar-refractivity contribution in [1.29, 1.82) is 0 Å². The summed E-state index contributed by atoms with van der Waals surface area (Å²) in [5.74, 6) is -0.475. The predicted octanol–water partition coefficient (Wildman–Crippen LogP) is 3.17. The maximum atomic E-state index is 12.1. The van der Waals surface area contributed by atoms with Crippen LogP contribution in [0.15, 0.2) is 36.5 Å². The predicted molar refractivity (Wildman–Crippen MR) is 87.2 cm³/mol. The second kappa shape index (κ2) is 7.69. The minimum atomic E-state index is -0.840. The molecule has 0 saturated heterocycles. The Morgan fingerprint density at radius 1 is 1.30 bits per heavy atom. The van der Waals surface area contributed by atoms with Gasteiger partial charge in [-0.15, -0.1) is 0 Å². The highest BCUT2D eigenvalue weighted by Gasteiger charge is 2.11. The van der Waals surface area contributed by atoms with Crippen molar-refractivity contribution in [2.24, 2.45) is 7.05 Å². The molecule has 23 heavy (non-hydrogen) atoms. The monoisotopic (exact) mass is 336 g/mol. The number of carboxylic acid groups (broad SMARTS) is 1. The van der Waals surface area contributed by atoms with Gasteiger partial charge in [-0.3, -0.25) is 9.59 Å². The number of aliphatic carboxylic acids is 1. The summed E-state index contributed by atoms with van der Waals surface area (Å²) < 4.78 is 7.08. The van der Waals surface area contributed by atoms with E-state index in [0.29, 0.717) is 35.2 Å². The molecule has 0 bridgehead atoms. The third kappa shape index (κ3) is 5.03. The van der Waals surface area contributed by atoms with Gasteiger partial charge in [0.1, 0.15) is 11.4 Å². The quantitative estimate of drug-likeness (QED) is 0.761. The van der Waals surface area contributed by atoms with Crippen LogP contribution in [0.4, 0.5) is 5.69 Å². The molecule has 2 aromatic rings. The van der Waals surface area contributed by atoms with Crippen molar-refractivity contribution in [3.63, 3.8) is 0 Å². The standard InChI is InChI=1S/C16H17ClN2O4/c1-19-10-11(17)9-14(19)16(22)18-12-4-6-13(7-5-12)23-8-2-3-15(20)21/h4-7,9-10H,2-3,8H2,1H3,(H,18,22)(H,20,21). The van der Waals surface area contributed by atoms with Crippen LogP contribution in [-0.2, 0) is 11.8 Å². The van der Waals surface area contributed by atoms with Gasteiger partial charge in [-0.05, 0) is 36.8 Å². The van der Waals surface area contributed by atoms with Crippen molar-refractivity contribution in [2.45, 2.75) is 12.8 Å². The van der Waals surface area contributed by atoms with Gasteiger partial charge in [-0.1, -0.05) is 11.6 Å². The zero-order valence-electron chi connectivity index (χ0n) is 12.6. The number of ether oxygens (including phenoxy) is 1. The third-order valence-electron chi connectivity index (χ3n) is 3.12. The molecule has 7 heteroatoms. The molecule has 0 saturated carbocycles. The van der Waals surface area contributed by atoms with Gasteiger partial charge in [0, 0.05) is 25.4 Å². The zero-order chi connectivity index (χ0) is 16.8. The molecular formula is C16H17ClN2O4. The first-order valence-corrected chi connectivity index (χ1v) is 7.41. The number of nitrogens with zero attached hydrogens (tertiary/aromatic N) is 1. The first-order chi connectivity index (χ1) is 11.0. The smallest absolute Gasteiger partial charge is 0.303 e. The van der Waals surface area contributed by atoms with E-state index in [0.717, 1.165) is 0 Å². The maximum absolute atomic E-state index is 12.1. The van der Waals surface area contributed by atoms with E-state index in [1.165, 1.54) is 0 Å². The van der Waals surface area contributed by atoms with Crippen LogP contribution in [0.1, 0.15) is 23.3 Å². The van der Waals surface area contributed by atoms with Crippen molar-refractivity contribution in [3.05, 3.63) is 47.2 Å². The van der Waals surface area contributed by atoms with Crippen LogP contribution in [0.25, 0.3) is 0 Å². The Hall–Kier alpha value is -2.47. The molecule has 2 N–H and O–H groups in total. The molecule has 0 unspecified atom stereocenters. The number of hydrogen-bond donors (Lipinski definition) is 2. The summed E-state index contributed by atoms with van der Waals surface area (Å²) >= 11 is 5.86. The van der Waals surface area contributed by atoms with Gasteiger partial charge in [0.15, 0.2) is 0 Å². The number of halogens is 1. The molecule has 1 aromatic heterocycles. The molecule has 1 aromatic carbocycles. The summed E-state index contributed by atoms with van der Waals surface area (Å²) in [7, 11) is 1.74. The van der Waals surface area contributed by atoms with E-state index >= 15 is 0 Å². The third-order valence-corrected chi connectivity index (χ3v) is 3.33. The maximum Gasteiger partial charge on any atom is 0.303 e. The van der Waals surface area contributed by atoms with Crippen molar-refractivity contribution in [1.82, 2.24) is 4.57 Å². The number of rotatable bonds is 7. The number of benzene rings is 1. The molecule has 2 rings (SSSR count). The summed E-state index contributed by atoms with van der Waals surface area (Å²) in [6.45, 7) is 0.333. The number of aryl methyl sites for hydroxylation is 1. The van der Waals surface area contributed by atoms with Crippen LogP contribution in [0.2, 0.25) is 5.02 Å². The van der Waals surface area contributed by atoms with Crippen molar-refractivity contribution >= 4 is 29.2 Å². The lowest BCUT2D eigenvalue weighted by Crippen LogP contribution is -2.15. The Balaban J connectivity index is 1.88. The number of carboxylic acids is 1. The zero-order valence-corrected chi connectivity index (χ0v) is 13.3. The lowest BCUT2D eigenvalue weighted by Gasteiger charge is -2.08. The molecule has 0 atom stereocenters. The van der Waals surface area contributed by atoms with E-state index in [9.17, 15) is 9.59 Å². The molecule has 0 radical (unpaired) electrons. The Morgan fingerprint density at radius 2 is 2.00 bits per heavy atom. The molecule has 122 valence electrons. The van der Waals surface area contributed by atoms with E-state index in [1.807, 2.05) is 0 Å². The van der Waals surface area contributed by atoms with Crippen LogP contribution in [0, 0.1) is 0 Å². The average molecular weight is 337 g/mol. The summed E-state index contributed by atoms with van der Waals surface area (Å²) in [5, 5.41) is 11.8. The van der Waals surface area contributed by atoms with Gasteiger partial charge in [0.05, 0.1) is 11.6 Å². The Morgan fingerprint density at radius 3 is 2.57 bits per heavy atom. The Bertz CT molecular complexity index is 695. The van der Waals surface area contributed by atoms with Crippen molar-refractivity contribution in [2.75, 3.05) is 11.9 Å². The van der Waals surface area contributed by atoms with Gasteiger partial charge < -0.3 is 19.7 Å². The molecule has 1 heterocycles. The number of carbonyl (C=O) groups excluding carboxylic acids is 1. The van der Waals surface area contributed by atoms with Crippen LogP contribution in [0.3, 0.4) is 0 Å². The second-order valence-corrected chi connectivity index (χ2v) is 5.42. The molecular weight excluding hydrogens is 320 g/mol. The number of carbonyl (C=O) groups is 2. The van der Waals surface area contributed by atoms with Gasteiger partial charge in [0.2, 0.25) is 0 Å². The number of amides is 1. The summed E-state index contributed by atoms with van der Waals surface area (Å²) in [6.07, 6.45) is 2.18. The van der Waals surface area contributed by atoms with E-state index in [4.69, 9.17) is 21.4 Å². The van der Waals surface area contributed by atoms with E-state index < -0.39 is 5.97 Å². The first-order valence-electron chi connectivity index (χ1n) is 7.03. The summed E-state index contributed by atoms with van der Waals surface area (Å²) in [4.78, 5) is 22.5. The Kier molecular flexibility index (Phi) is 5.65. The highest BCUT2D eigenvalue weighted by Crippen LogP contribution is 2.18. The fraction of sp³-hybridized carbons (Fsp3) is 0.250. The molecule has 6 nitrogen and oxygen atoms in total. The molecule has 0 aliphatic rings. The largest absolute Gasteiger partial charge is 0.494 e. The lowest BCUT2D eigenvalue weighted by atomic mass is 10.3. The van der Waals surface area contributed by atoms with Crippen LogP contribution in [-0.4, -0.2) is 28.2 Å². The fourth-order valence-electron chi connectivity index (χ4n) is 1.99. The minimum absolute atomic E-state index is 0.0768. The van der Waals surface area contributed by atoms with Crippen LogP contribution < -0.4 is 10.1 Å². The van der Waals surface area contributed by atoms with E-state index in [-0.39, 0.29) is 12.3 Å². The van der Waals surface area contributed by atoms with Crippen molar-refractivity contribution < 1.29 is 19.4 Å².